The third-order valence-corrected chi connectivity index (χ3v) is 5.70. The van der Waals surface area contributed by atoms with E-state index in [-0.39, 0.29) is 20.1 Å². The van der Waals surface area contributed by atoms with Crippen LogP contribution in [-0.2, 0) is 26.5 Å². The Morgan fingerprint density at radius 2 is 1.50 bits per heavy atom. The minimum atomic E-state index is 0. The van der Waals surface area contributed by atoms with E-state index in [1.807, 2.05) is 36.7 Å². The standard InChI is InChI=1S/C30H22N3.Ir/c1-22-18-27(24-11-5-3-6-12-24)30(28(19-22)25-13-7-4-8-14-25)33-17-16-32-29(33)21-23-10-9-15-26(20-23)31-2;/h3-9,11-20H,21H2,1H3;/q-1;. The first kappa shape index (κ1) is 23.4. The summed E-state index contributed by atoms with van der Waals surface area (Å²) >= 11 is 0. The van der Waals surface area contributed by atoms with Gasteiger partial charge >= 0.3 is 0 Å². The Labute approximate surface area is 213 Å². The van der Waals surface area contributed by atoms with Gasteiger partial charge in [0.15, 0.2) is 0 Å². The molecule has 3 nitrogen and oxygen atoms in total. The largest absolute Gasteiger partial charge is 0.302 e. The van der Waals surface area contributed by atoms with E-state index in [0.717, 1.165) is 39.3 Å². The van der Waals surface area contributed by atoms with E-state index < -0.39 is 0 Å². The molecule has 5 aromatic rings. The Morgan fingerprint density at radius 1 is 0.882 bits per heavy atom. The molecular formula is C30H22IrN3-. The number of imidazole rings is 1. The molecule has 34 heavy (non-hydrogen) atoms. The van der Waals surface area contributed by atoms with Crippen LogP contribution in [-0.4, -0.2) is 9.55 Å². The molecule has 0 atom stereocenters. The summed E-state index contributed by atoms with van der Waals surface area (Å²) in [7, 11) is 0. The van der Waals surface area contributed by atoms with Crippen LogP contribution >= 0.6 is 0 Å². The number of benzene rings is 4. The summed E-state index contributed by atoms with van der Waals surface area (Å²) in [6.45, 7) is 9.47. The molecule has 0 saturated carbocycles. The fraction of sp³-hybridized carbons (Fsp3) is 0.0667. The quantitative estimate of drug-likeness (QED) is 0.188. The maximum Gasteiger partial charge on any atom is 0.115 e. The van der Waals surface area contributed by atoms with E-state index in [1.54, 1.807) is 6.07 Å². The number of rotatable bonds is 5. The van der Waals surface area contributed by atoms with Gasteiger partial charge in [-0.3, -0.25) is 4.85 Å². The van der Waals surface area contributed by atoms with Crippen LogP contribution < -0.4 is 0 Å². The van der Waals surface area contributed by atoms with Crippen LogP contribution in [0.3, 0.4) is 0 Å². The predicted molar refractivity (Wildman–Crippen MR) is 134 cm³/mol. The van der Waals surface area contributed by atoms with Gasteiger partial charge in [0.25, 0.3) is 0 Å². The molecule has 0 aliphatic carbocycles. The molecule has 4 heteroatoms. The summed E-state index contributed by atoms with van der Waals surface area (Å²) in [6.07, 6.45) is 4.46. The molecule has 0 fully saturated rings. The molecule has 1 heterocycles. The van der Waals surface area contributed by atoms with Crippen molar-refractivity contribution in [1.82, 2.24) is 9.55 Å². The van der Waals surface area contributed by atoms with Crippen LogP contribution in [0.2, 0.25) is 0 Å². The Hall–Kier alpha value is -3.77. The summed E-state index contributed by atoms with van der Waals surface area (Å²) in [5.41, 5.74) is 8.52. The summed E-state index contributed by atoms with van der Waals surface area (Å²) in [5.74, 6) is 0.909. The van der Waals surface area contributed by atoms with Gasteiger partial charge in [-0.15, -0.1) is 0 Å². The third kappa shape index (κ3) is 4.77. The van der Waals surface area contributed by atoms with E-state index >= 15 is 0 Å². The molecule has 167 valence electrons. The van der Waals surface area contributed by atoms with Gasteiger partial charge in [-0.2, -0.15) is 29.8 Å². The first-order valence-corrected chi connectivity index (χ1v) is 10.9. The summed E-state index contributed by atoms with van der Waals surface area (Å²) < 4.78 is 2.18. The minimum Gasteiger partial charge on any atom is -0.302 e. The zero-order chi connectivity index (χ0) is 22.6. The third-order valence-electron chi connectivity index (χ3n) is 5.70. The summed E-state index contributed by atoms with van der Waals surface area (Å²) in [5, 5.41) is 0. The molecule has 0 spiro atoms. The molecule has 0 amide bonds. The number of nitrogens with zero attached hydrogens (tertiary/aromatic N) is 3. The molecule has 1 radical (unpaired) electrons. The molecule has 1 aromatic heterocycles. The van der Waals surface area contributed by atoms with Crippen LogP contribution in [0.25, 0.3) is 32.8 Å². The van der Waals surface area contributed by atoms with E-state index in [2.05, 4.69) is 83.1 Å². The van der Waals surface area contributed by atoms with Gasteiger partial charge in [-0.05, 0) is 35.7 Å². The number of hydrogen-bond donors (Lipinski definition) is 0. The summed E-state index contributed by atoms with van der Waals surface area (Å²) in [4.78, 5) is 8.26. The van der Waals surface area contributed by atoms with E-state index in [4.69, 9.17) is 11.6 Å². The minimum absolute atomic E-state index is 0. The molecule has 4 aromatic carbocycles. The van der Waals surface area contributed by atoms with E-state index in [1.165, 1.54) is 5.56 Å². The zero-order valence-electron chi connectivity index (χ0n) is 18.7. The fourth-order valence-electron chi connectivity index (χ4n) is 4.23. The van der Waals surface area contributed by atoms with Crippen molar-refractivity contribution < 1.29 is 20.1 Å². The molecule has 5 rings (SSSR count). The number of hydrogen-bond acceptors (Lipinski definition) is 1. The van der Waals surface area contributed by atoms with Crippen molar-refractivity contribution in [2.75, 3.05) is 0 Å². The fourth-order valence-corrected chi connectivity index (χ4v) is 4.23. The maximum atomic E-state index is 7.32. The second-order valence-electron chi connectivity index (χ2n) is 8.01. The molecule has 0 aliphatic heterocycles. The van der Waals surface area contributed by atoms with Gasteiger partial charge < -0.3 is 4.57 Å². The van der Waals surface area contributed by atoms with Crippen LogP contribution in [0.15, 0.2) is 103 Å². The van der Waals surface area contributed by atoms with Crippen molar-refractivity contribution in [3.8, 4) is 27.9 Å². The van der Waals surface area contributed by atoms with E-state index in [9.17, 15) is 0 Å². The second kappa shape index (κ2) is 10.4. The van der Waals surface area contributed by atoms with Gasteiger partial charge in [0.1, 0.15) is 5.82 Å². The smallest absolute Gasteiger partial charge is 0.115 e. The average Bonchev–Trinajstić information content (AvgIpc) is 3.32. The Balaban J connectivity index is 0.00000274. The van der Waals surface area contributed by atoms with Crippen LogP contribution in [0.1, 0.15) is 17.0 Å². The SMILES string of the molecule is [C-]#[N+]c1cc[c-]c(Cc2nccn2-c2c(-c3ccccc3)cc(C)cc2-c2ccccc2)c1.[Ir]. The van der Waals surface area contributed by atoms with Crippen LogP contribution in [0, 0.1) is 19.6 Å². The van der Waals surface area contributed by atoms with Gasteiger partial charge in [0.2, 0.25) is 0 Å². The van der Waals surface area contributed by atoms with Gasteiger partial charge in [0.05, 0.1) is 17.9 Å². The Kier molecular flexibility index (Phi) is 7.18. The van der Waals surface area contributed by atoms with Crippen molar-refractivity contribution in [2.45, 2.75) is 13.3 Å². The topological polar surface area (TPSA) is 22.2 Å². The number of aromatic nitrogens is 2. The average molecular weight is 617 g/mol. The number of aryl methyl sites for hydroxylation is 1. The van der Waals surface area contributed by atoms with Crippen molar-refractivity contribution in [3.05, 3.63) is 138 Å². The molecular weight excluding hydrogens is 595 g/mol. The maximum absolute atomic E-state index is 7.32. The monoisotopic (exact) mass is 617 g/mol. The van der Waals surface area contributed by atoms with Gasteiger partial charge in [-0.25, -0.2) is 4.98 Å². The zero-order valence-corrected chi connectivity index (χ0v) is 21.1. The molecule has 0 unspecified atom stereocenters. The van der Waals surface area contributed by atoms with Crippen LogP contribution in [0.4, 0.5) is 5.69 Å². The molecule has 0 bridgehead atoms. The van der Waals surface area contributed by atoms with Crippen molar-refractivity contribution >= 4 is 5.69 Å². The van der Waals surface area contributed by atoms with Crippen molar-refractivity contribution in [3.63, 3.8) is 0 Å². The molecule has 0 aliphatic rings. The summed E-state index contributed by atoms with van der Waals surface area (Å²) in [6, 6.07) is 34.2. The molecule has 0 N–H and O–H groups in total. The Morgan fingerprint density at radius 3 is 2.09 bits per heavy atom. The molecule has 0 saturated heterocycles. The van der Waals surface area contributed by atoms with Gasteiger partial charge in [-0.1, -0.05) is 60.7 Å². The predicted octanol–water partition coefficient (Wildman–Crippen LogP) is 7.45. The van der Waals surface area contributed by atoms with Crippen molar-refractivity contribution in [1.29, 1.82) is 0 Å². The Bertz CT molecular complexity index is 1390. The second-order valence-corrected chi connectivity index (χ2v) is 8.01. The van der Waals surface area contributed by atoms with Crippen molar-refractivity contribution in [2.24, 2.45) is 0 Å². The first-order valence-electron chi connectivity index (χ1n) is 10.9. The van der Waals surface area contributed by atoms with Gasteiger partial charge in [0, 0.05) is 50.0 Å². The van der Waals surface area contributed by atoms with Crippen LogP contribution in [0.5, 0.6) is 0 Å². The first-order chi connectivity index (χ1) is 16.2. The van der Waals surface area contributed by atoms with E-state index in [0.29, 0.717) is 12.1 Å². The normalized spacial score (nSPS) is 10.4.